The van der Waals surface area contributed by atoms with Crippen LogP contribution in [-0.4, -0.2) is 29.8 Å². The first kappa shape index (κ1) is 19.2. The molecule has 0 radical (unpaired) electrons. The molecule has 0 atom stereocenters. The number of rotatable bonds is 3. The lowest BCUT2D eigenvalue weighted by atomic mass is 9.97. The van der Waals surface area contributed by atoms with Crippen LogP contribution in [0.15, 0.2) is 48.2 Å². The van der Waals surface area contributed by atoms with E-state index < -0.39 is 35.0 Å². The Morgan fingerprint density at radius 1 is 0.862 bits per heavy atom. The third kappa shape index (κ3) is 3.41. The molecule has 0 unspecified atom stereocenters. The molecular weight excluding hydrogens is 381 g/mol. The zero-order valence-corrected chi connectivity index (χ0v) is 15.8. The fourth-order valence-electron chi connectivity index (χ4n) is 3.80. The first-order valence-electron chi connectivity index (χ1n) is 9.46. The van der Waals surface area contributed by atoms with Crippen molar-refractivity contribution in [3.8, 4) is 0 Å². The van der Waals surface area contributed by atoms with E-state index in [1.807, 2.05) is 4.90 Å². The van der Waals surface area contributed by atoms with Gasteiger partial charge in [-0.15, -0.1) is 0 Å². The molecule has 2 aromatic carbocycles. The van der Waals surface area contributed by atoms with Gasteiger partial charge >= 0.3 is 0 Å². The predicted molar refractivity (Wildman–Crippen MR) is 102 cm³/mol. The van der Waals surface area contributed by atoms with E-state index in [-0.39, 0.29) is 11.3 Å². The summed E-state index contributed by atoms with van der Waals surface area (Å²) in [6.45, 7) is 3.25. The van der Waals surface area contributed by atoms with Gasteiger partial charge in [0.05, 0.1) is 11.3 Å². The molecule has 0 N–H and O–H groups in total. The summed E-state index contributed by atoms with van der Waals surface area (Å²) < 4.78 is 41.5. The Morgan fingerprint density at radius 3 is 2.14 bits per heavy atom. The van der Waals surface area contributed by atoms with Crippen molar-refractivity contribution in [1.82, 2.24) is 4.90 Å². The van der Waals surface area contributed by atoms with Gasteiger partial charge in [-0.25, -0.2) is 18.1 Å². The van der Waals surface area contributed by atoms with Crippen LogP contribution < -0.4 is 4.90 Å². The van der Waals surface area contributed by atoms with E-state index in [1.165, 1.54) is 24.3 Å². The van der Waals surface area contributed by atoms with Gasteiger partial charge in [0, 0.05) is 19.2 Å². The van der Waals surface area contributed by atoms with E-state index in [0.717, 1.165) is 31.0 Å². The maximum atomic E-state index is 14.4. The Kier molecular flexibility index (Phi) is 4.90. The fourth-order valence-corrected chi connectivity index (χ4v) is 3.80. The lowest BCUT2D eigenvalue weighted by Crippen LogP contribution is -2.38. The SMILES string of the molecule is CC1CCN(C2=C(c3ccc(F)cc3)C(=O)N(c3cc(F)ccc3F)C2=O)CC1. The van der Waals surface area contributed by atoms with Crippen LogP contribution in [0.25, 0.3) is 5.57 Å². The van der Waals surface area contributed by atoms with Crippen LogP contribution >= 0.6 is 0 Å². The minimum atomic E-state index is -0.875. The van der Waals surface area contributed by atoms with Gasteiger partial charge in [0.25, 0.3) is 11.8 Å². The highest BCUT2D eigenvalue weighted by atomic mass is 19.1. The van der Waals surface area contributed by atoms with Gasteiger partial charge < -0.3 is 4.90 Å². The molecule has 0 saturated carbocycles. The molecule has 2 aliphatic heterocycles. The summed E-state index contributed by atoms with van der Waals surface area (Å²) >= 11 is 0. The second-order valence-corrected chi connectivity index (χ2v) is 7.44. The van der Waals surface area contributed by atoms with Crippen molar-refractivity contribution in [2.45, 2.75) is 19.8 Å². The van der Waals surface area contributed by atoms with Gasteiger partial charge in [-0.1, -0.05) is 19.1 Å². The Hall–Kier alpha value is -3.09. The Labute approximate surface area is 166 Å². The number of likely N-dealkylation sites (tertiary alicyclic amines) is 1. The Bertz CT molecular complexity index is 1010. The average Bonchev–Trinajstić information content (AvgIpc) is 2.95. The van der Waals surface area contributed by atoms with E-state index in [0.29, 0.717) is 29.5 Å². The first-order valence-corrected chi connectivity index (χ1v) is 9.46. The second kappa shape index (κ2) is 7.39. The third-order valence-corrected chi connectivity index (χ3v) is 5.44. The number of hydrogen-bond acceptors (Lipinski definition) is 3. The molecule has 29 heavy (non-hydrogen) atoms. The number of benzene rings is 2. The maximum absolute atomic E-state index is 14.4. The molecule has 0 bridgehead atoms. The summed E-state index contributed by atoms with van der Waals surface area (Å²) in [5.74, 6) is -3.07. The topological polar surface area (TPSA) is 40.6 Å². The van der Waals surface area contributed by atoms with Gasteiger partial charge in [0.2, 0.25) is 0 Å². The van der Waals surface area contributed by atoms with E-state index in [4.69, 9.17) is 0 Å². The van der Waals surface area contributed by atoms with Crippen LogP contribution in [0.4, 0.5) is 18.9 Å². The minimum absolute atomic E-state index is 0.0771. The standard InChI is InChI=1S/C22H19F3N2O2/c1-13-8-10-26(11-9-13)20-19(14-2-4-15(23)5-3-14)21(28)27(22(20)29)18-12-16(24)6-7-17(18)25/h2-7,12-13H,8-11H2,1H3. The quantitative estimate of drug-likeness (QED) is 0.728. The zero-order chi connectivity index (χ0) is 20.7. The molecular formula is C22H19F3N2O2. The van der Waals surface area contributed by atoms with E-state index in [2.05, 4.69) is 6.92 Å². The van der Waals surface area contributed by atoms with Gasteiger partial charge in [0.15, 0.2) is 0 Å². The number of amides is 2. The lowest BCUT2D eigenvalue weighted by molar-refractivity contribution is -0.120. The highest BCUT2D eigenvalue weighted by Gasteiger charge is 2.44. The molecule has 4 rings (SSSR count). The number of imide groups is 1. The summed E-state index contributed by atoms with van der Waals surface area (Å²) in [6.07, 6.45) is 1.69. The summed E-state index contributed by atoms with van der Waals surface area (Å²) in [5, 5.41) is 0. The van der Waals surface area contributed by atoms with Crippen molar-refractivity contribution in [1.29, 1.82) is 0 Å². The fraction of sp³-hybridized carbons (Fsp3) is 0.273. The molecule has 2 heterocycles. The van der Waals surface area contributed by atoms with Crippen molar-refractivity contribution in [3.63, 3.8) is 0 Å². The highest BCUT2D eigenvalue weighted by molar-refractivity contribution is 6.45. The molecule has 2 aromatic rings. The molecule has 0 aromatic heterocycles. The number of anilines is 1. The maximum Gasteiger partial charge on any atom is 0.282 e. The second-order valence-electron chi connectivity index (χ2n) is 7.44. The van der Waals surface area contributed by atoms with E-state index >= 15 is 0 Å². The summed E-state index contributed by atoms with van der Waals surface area (Å²) in [5.41, 5.74) is 0.156. The molecule has 0 spiro atoms. The number of piperidine rings is 1. The smallest absolute Gasteiger partial charge is 0.282 e. The lowest BCUT2D eigenvalue weighted by Gasteiger charge is -2.32. The van der Waals surface area contributed by atoms with Gasteiger partial charge in [-0.3, -0.25) is 9.59 Å². The normalized spacial score (nSPS) is 18.2. The first-order chi connectivity index (χ1) is 13.9. The molecule has 0 aliphatic carbocycles. The van der Waals surface area contributed by atoms with E-state index in [9.17, 15) is 22.8 Å². The molecule has 1 saturated heterocycles. The number of carbonyl (C=O) groups excluding carboxylic acids is 2. The van der Waals surface area contributed by atoms with Gasteiger partial charge in [-0.05, 0) is 48.6 Å². The van der Waals surface area contributed by atoms with Gasteiger partial charge in [-0.2, -0.15) is 0 Å². The summed E-state index contributed by atoms with van der Waals surface area (Å²) in [7, 11) is 0. The Balaban J connectivity index is 1.83. The van der Waals surface area contributed by atoms with Crippen LogP contribution in [0, 0.1) is 23.4 Å². The number of hydrogen-bond donors (Lipinski definition) is 0. The largest absolute Gasteiger partial charge is 0.366 e. The van der Waals surface area contributed by atoms with E-state index in [1.54, 1.807) is 0 Å². The number of halogens is 3. The summed E-state index contributed by atoms with van der Waals surface area (Å²) in [6, 6.07) is 7.84. The predicted octanol–water partition coefficient (Wildman–Crippen LogP) is 4.12. The molecule has 150 valence electrons. The van der Waals surface area contributed by atoms with Crippen molar-refractivity contribution < 1.29 is 22.8 Å². The van der Waals surface area contributed by atoms with Gasteiger partial charge in [0.1, 0.15) is 23.1 Å². The number of nitrogens with zero attached hydrogens (tertiary/aromatic N) is 2. The molecule has 7 heteroatoms. The van der Waals surface area contributed by atoms with Crippen molar-refractivity contribution in [2.24, 2.45) is 5.92 Å². The van der Waals surface area contributed by atoms with Crippen LogP contribution in [0.5, 0.6) is 0 Å². The van der Waals surface area contributed by atoms with Crippen LogP contribution in [0.2, 0.25) is 0 Å². The van der Waals surface area contributed by atoms with Crippen molar-refractivity contribution in [3.05, 3.63) is 71.2 Å². The third-order valence-electron chi connectivity index (χ3n) is 5.44. The van der Waals surface area contributed by atoms with Crippen molar-refractivity contribution in [2.75, 3.05) is 18.0 Å². The summed E-state index contributed by atoms with van der Waals surface area (Å²) in [4.78, 5) is 29.0. The zero-order valence-electron chi connectivity index (χ0n) is 15.8. The van der Waals surface area contributed by atoms with Crippen LogP contribution in [0.1, 0.15) is 25.3 Å². The monoisotopic (exact) mass is 400 g/mol. The molecule has 1 fully saturated rings. The van der Waals surface area contributed by atoms with Crippen LogP contribution in [-0.2, 0) is 9.59 Å². The highest BCUT2D eigenvalue weighted by Crippen LogP contribution is 2.37. The molecule has 2 aliphatic rings. The Morgan fingerprint density at radius 2 is 1.48 bits per heavy atom. The molecule has 4 nitrogen and oxygen atoms in total. The average molecular weight is 400 g/mol. The minimum Gasteiger partial charge on any atom is -0.366 e. The van der Waals surface area contributed by atoms with Crippen molar-refractivity contribution >= 4 is 23.1 Å². The van der Waals surface area contributed by atoms with Crippen LogP contribution in [0.3, 0.4) is 0 Å². The molecule has 2 amide bonds. The number of carbonyl (C=O) groups is 2.